The second-order valence-corrected chi connectivity index (χ2v) is 5.92. The Labute approximate surface area is 118 Å². The Balaban J connectivity index is 2.76. The van der Waals surface area contributed by atoms with Crippen LogP contribution in [0.25, 0.3) is 0 Å². The first-order valence-corrected chi connectivity index (χ1v) is 8.10. The summed E-state index contributed by atoms with van der Waals surface area (Å²) in [6.07, 6.45) is 7.77. The van der Waals surface area contributed by atoms with Crippen LogP contribution in [-0.4, -0.2) is 35.1 Å². The lowest BCUT2D eigenvalue weighted by Crippen LogP contribution is -2.45. The van der Waals surface area contributed by atoms with E-state index < -0.39 is 5.97 Å². The molecule has 2 atom stereocenters. The van der Waals surface area contributed by atoms with E-state index in [1.165, 1.54) is 25.7 Å². The van der Waals surface area contributed by atoms with Gasteiger partial charge in [-0.05, 0) is 25.3 Å². The zero-order valence-corrected chi connectivity index (χ0v) is 12.9. The van der Waals surface area contributed by atoms with Crippen LogP contribution in [-0.2, 0) is 4.79 Å². The van der Waals surface area contributed by atoms with Gasteiger partial charge < -0.3 is 5.11 Å². The summed E-state index contributed by atoms with van der Waals surface area (Å²) >= 11 is 0. The topological polar surface area (TPSA) is 40.5 Å². The molecule has 0 saturated heterocycles. The molecule has 1 saturated carbocycles. The van der Waals surface area contributed by atoms with Crippen LogP contribution < -0.4 is 0 Å². The van der Waals surface area contributed by atoms with Crippen LogP contribution in [0.2, 0.25) is 0 Å². The second-order valence-electron chi connectivity index (χ2n) is 5.92. The highest BCUT2D eigenvalue weighted by Gasteiger charge is 2.33. The second kappa shape index (κ2) is 8.57. The largest absolute Gasteiger partial charge is 0.481 e. The van der Waals surface area contributed by atoms with Gasteiger partial charge in [0.05, 0.1) is 5.92 Å². The average Bonchev–Trinajstić information content (AvgIpc) is 2.66. The van der Waals surface area contributed by atoms with E-state index in [4.69, 9.17) is 0 Å². The molecule has 0 aromatic rings. The number of carboxylic acids is 1. The van der Waals surface area contributed by atoms with Gasteiger partial charge in [-0.15, -0.1) is 0 Å². The van der Waals surface area contributed by atoms with Crippen molar-refractivity contribution in [3.63, 3.8) is 0 Å². The van der Waals surface area contributed by atoms with Crippen molar-refractivity contribution in [1.29, 1.82) is 0 Å². The van der Waals surface area contributed by atoms with Crippen LogP contribution in [0, 0.1) is 11.8 Å². The summed E-state index contributed by atoms with van der Waals surface area (Å²) in [6, 6.07) is 0.255. The van der Waals surface area contributed by atoms with E-state index in [1.54, 1.807) is 0 Å². The van der Waals surface area contributed by atoms with E-state index in [2.05, 4.69) is 25.7 Å². The smallest absolute Gasteiger partial charge is 0.308 e. The Morgan fingerprint density at radius 2 is 1.79 bits per heavy atom. The predicted octanol–water partition coefficient (Wildman–Crippen LogP) is 3.78. The fourth-order valence-corrected chi connectivity index (χ4v) is 3.39. The molecule has 1 fully saturated rings. The molecule has 0 aromatic carbocycles. The molecule has 2 unspecified atom stereocenters. The summed E-state index contributed by atoms with van der Waals surface area (Å²) in [5.41, 5.74) is 0. The Hall–Kier alpha value is -0.570. The maximum atomic E-state index is 11.5. The van der Waals surface area contributed by atoms with Crippen LogP contribution in [0.5, 0.6) is 0 Å². The minimum absolute atomic E-state index is 0.156. The maximum Gasteiger partial charge on any atom is 0.308 e. The number of rotatable bonds is 7. The molecule has 0 spiro atoms. The van der Waals surface area contributed by atoms with Crippen LogP contribution in [0.4, 0.5) is 0 Å². The summed E-state index contributed by atoms with van der Waals surface area (Å²) in [6.45, 7) is 8.70. The van der Waals surface area contributed by atoms with E-state index in [9.17, 15) is 9.90 Å². The molecule has 1 aliphatic rings. The number of carboxylic acid groups (broad SMARTS) is 1. The zero-order valence-electron chi connectivity index (χ0n) is 12.9. The third-order valence-electron chi connectivity index (χ3n) is 4.82. The normalized spacial score (nSPS) is 24.7. The standard InChI is InChI=1S/C16H31NO2/c1-4-13(5-2)12-17(6-3)15-11-9-7-8-10-14(15)16(18)19/h13-15H,4-12H2,1-3H3,(H,18,19). The predicted molar refractivity (Wildman–Crippen MR) is 79.3 cm³/mol. The third-order valence-corrected chi connectivity index (χ3v) is 4.82. The first kappa shape index (κ1) is 16.5. The fraction of sp³-hybridized carbons (Fsp3) is 0.938. The van der Waals surface area contributed by atoms with Gasteiger partial charge >= 0.3 is 5.97 Å². The van der Waals surface area contributed by atoms with Crippen molar-refractivity contribution in [2.45, 2.75) is 71.8 Å². The number of aliphatic carboxylic acids is 1. The summed E-state index contributed by atoms with van der Waals surface area (Å²) in [5, 5.41) is 9.50. The molecule has 3 nitrogen and oxygen atoms in total. The van der Waals surface area contributed by atoms with Gasteiger partial charge in [-0.2, -0.15) is 0 Å². The lowest BCUT2D eigenvalue weighted by atomic mass is 9.92. The highest BCUT2D eigenvalue weighted by Crippen LogP contribution is 2.28. The van der Waals surface area contributed by atoms with Crippen LogP contribution in [0.3, 0.4) is 0 Å². The Bertz CT molecular complexity index is 263. The molecule has 1 N–H and O–H groups in total. The van der Waals surface area contributed by atoms with Crippen molar-refractivity contribution in [2.75, 3.05) is 13.1 Å². The molecule has 0 bridgehead atoms. The van der Waals surface area contributed by atoms with E-state index in [0.29, 0.717) is 5.92 Å². The molecule has 0 aromatic heterocycles. The van der Waals surface area contributed by atoms with Gasteiger partial charge in [0.1, 0.15) is 0 Å². The van der Waals surface area contributed by atoms with Gasteiger partial charge in [0.15, 0.2) is 0 Å². The number of nitrogens with zero attached hydrogens (tertiary/aromatic N) is 1. The van der Waals surface area contributed by atoms with Gasteiger partial charge in [-0.1, -0.05) is 52.9 Å². The molecule has 0 radical (unpaired) electrons. The average molecular weight is 269 g/mol. The molecule has 19 heavy (non-hydrogen) atoms. The van der Waals surface area contributed by atoms with E-state index in [0.717, 1.165) is 32.4 Å². The van der Waals surface area contributed by atoms with E-state index in [-0.39, 0.29) is 12.0 Å². The van der Waals surface area contributed by atoms with Gasteiger partial charge in [-0.3, -0.25) is 9.69 Å². The van der Waals surface area contributed by atoms with E-state index >= 15 is 0 Å². The van der Waals surface area contributed by atoms with Crippen molar-refractivity contribution < 1.29 is 9.90 Å². The molecule has 1 rings (SSSR count). The first-order valence-electron chi connectivity index (χ1n) is 8.10. The lowest BCUT2D eigenvalue weighted by Gasteiger charge is -2.36. The highest BCUT2D eigenvalue weighted by molar-refractivity contribution is 5.70. The molecule has 0 amide bonds. The van der Waals surface area contributed by atoms with Crippen molar-refractivity contribution in [2.24, 2.45) is 11.8 Å². The number of carbonyl (C=O) groups is 1. The Kier molecular flexibility index (Phi) is 7.44. The SMILES string of the molecule is CCC(CC)CN(CC)C1CCCCCC1C(=O)O. The van der Waals surface area contributed by atoms with Crippen molar-refractivity contribution in [1.82, 2.24) is 4.90 Å². The number of hydrogen-bond acceptors (Lipinski definition) is 2. The van der Waals surface area contributed by atoms with Crippen molar-refractivity contribution in [3.8, 4) is 0 Å². The summed E-state index contributed by atoms with van der Waals surface area (Å²) in [4.78, 5) is 14.0. The first-order chi connectivity index (χ1) is 9.13. The van der Waals surface area contributed by atoms with Gasteiger partial charge in [0.25, 0.3) is 0 Å². The highest BCUT2D eigenvalue weighted by atomic mass is 16.4. The minimum atomic E-state index is -0.588. The molecular weight excluding hydrogens is 238 g/mol. The molecule has 1 aliphatic carbocycles. The number of hydrogen-bond donors (Lipinski definition) is 1. The van der Waals surface area contributed by atoms with Crippen LogP contribution >= 0.6 is 0 Å². The summed E-state index contributed by atoms with van der Waals surface area (Å²) in [7, 11) is 0. The monoisotopic (exact) mass is 269 g/mol. The fourth-order valence-electron chi connectivity index (χ4n) is 3.39. The van der Waals surface area contributed by atoms with Gasteiger partial charge in [0, 0.05) is 12.6 Å². The Morgan fingerprint density at radius 1 is 1.16 bits per heavy atom. The molecule has 3 heteroatoms. The molecule has 112 valence electrons. The van der Waals surface area contributed by atoms with E-state index in [1.807, 2.05) is 0 Å². The molecular formula is C16H31NO2. The molecule has 0 aliphatic heterocycles. The van der Waals surface area contributed by atoms with Crippen molar-refractivity contribution >= 4 is 5.97 Å². The third kappa shape index (κ3) is 4.79. The van der Waals surface area contributed by atoms with Gasteiger partial charge in [-0.25, -0.2) is 0 Å². The van der Waals surface area contributed by atoms with Gasteiger partial charge in [0.2, 0.25) is 0 Å². The van der Waals surface area contributed by atoms with Crippen LogP contribution in [0.15, 0.2) is 0 Å². The maximum absolute atomic E-state index is 11.5. The zero-order chi connectivity index (χ0) is 14.3. The van der Waals surface area contributed by atoms with Crippen molar-refractivity contribution in [3.05, 3.63) is 0 Å². The summed E-state index contributed by atoms with van der Waals surface area (Å²) < 4.78 is 0. The molecule has 0 heterocycles. The summed E-state index contributed by atoms with van der Waals surface area (Å²) in [5.74, 6) is -0.0376. The Morgan fingerprint density at radius 3 is 2.32 bits per heavy atom. The minimum Gasteiger partial charge on any atom is -0.481 e. The lowest BCUT2D eigenvalue weighted by molar-refractivity contribution is -0.144. The quantitative estimate of drug-likeness (QED) is 0.715. The van der Waals surface area contributed by atoms with Crippen LogP contribution in [0.1, 0.15) is 65.7 Å².